The van der Waals surface area contributed by atoms with E-state index in [4.69, 9.17) is 0 Å². The van der Waals surface area contributed by atoms with Crippen molar-refractivity contribution in [3.8, 4) is 17.2 Å². The van der Waals surface area contributed by atoms with Crippen LogP contribution in [0.15, 0.2) is 97.3 Å². The number of ether oxygens (including phenoxy) is 2. The lowest BCUT2D eigenvalue weighted by atomic mass is 9.66. The molecule has 290 valence electrons. The van der Waals surface area contributed by atoms with E-state index in [2.05, 4.69) is 25.1 Å². The number of halogens is 6. The van der Waals surface area contributed by atoms with Gasteiger partial charge in [0.15, 0.2) is 11.5 Å². The molecule has 2 amide bonds. The number of phenolic OH excluding ortho intramolecular Hbond substituents is 1. The minimum atomic E-state index is -3.87. The molecule has 0 bridgehead atoms. The van der Waals surface area contributed by atoms with E-state index in [0.29, 0.717) is 24.7 Å². The molecule has 0 aliphatic carbocycles. The maximum absolute atomic E-state index is 16.3. The number of benzene rings is 4. The molecule has 2 aliphatic heterocycles. The molecule has 56 heavy (non-hydrogen) atoms. The zero-order valence-corrected chi connectivity index (χ0v) is 29.5. The number of alkyl halides is 2. The van der Waals surface area contributed by atoms with Crippen molar-refractivity contribution in [3.63, 3.8) is 0 Å². The first kappa shape index (κ1) is 38.2. The summed E-state index contributed by atoms with van der Waals surface area (Å²) in [5, 5.41) is 16.2. The number of phenols is 1. The number of amides is 2. The van der Waals surface area contributed by atoms with E-state index >= 15 is 13.2 Å². The fourth-order valence-electron chi connectivity index (χ4n) is 7.49. The number of aromatic hydroxyl groups is 1. The third-order valence-electron chi connectivity index (χ3n) is 10.1. The third-order valence-corrected chi connectivity index (χ3v) is 10.1. The van der Waals surface area contributed by atoms with Crippen LogP contribution >= 0.6 is 0 Å². The van der Waals surface area contributed by atoms with Crippen LogP contribution in [0.3, 0.4) is 0 Å². The Kier molecular flexibility index (Phi) is 10.6. The Morgan fingerprint density at radius 1 is 0.893 bits per heavy atom. The summed E-state index contributed by atoms with van der Waals surface area (Å²) in [5.74, 6) is -5.16. The summed E-state index contributed by atoms with van der Waals surface area (Å²) in [6.45, 7) is 0.783. The van der Waals surface area contributed by atoms with E-state index in [0.717, 1.165) is 30.5 Å². The first-order chi connectivity index (χ1) is 26.8. The van der Waals surface area contributed by atoms with Gasteiger partial charge in [0.25, 0.3) is 11.8 Å². The number of pyridine rings is 1. The molecule has 3 heterocycles. The van der Waals surface area contributed by atoms with Crippen LogP contribution in [0, 0.1) is 23.3 Å². The van der Waals surface area contributed by atoms with Crippen molar-refractivity contribution in [2.24, 2.45) is 0 Å². The van der Waals surface area contributed by atoms with Gasteiger partial charge >= 0.3 is 6.29 Å². The molecule has 15 heteroatoms. The topological polar surface area (TPSA) is 113 Å². The molecule has 4 aromatic carbocycles. The van der Waals surface area contributed by atoms with Crippen LogP contribution in [0.5, 0.6) is 17.2 Å². The molecule has 9 nitrogen and oxygen atoms in total. The average Bonchev–Trinajstić information content (AvgIpc) is 3.49. The maximum atomic E-state index is 16.3. The van der Waals surface area contributed by atoms with Crippen LogP contribution in [-0.2, 0) is 11.8 Å². The number of aromatic nitrogens is 1. The molecule has 3 N–H and O–H groups in total. The van der Waals surface area contributed by atoms with Crippen LogP contribution < -0.4 is 20.1 Å². The van der Waals surface area contributed by atoms with Gasteiger partial charge in [0.1, 0.15) is 29.0 Å². The lowest BCUT2D eigenvalue weighted by molar-refractivity contribution is -0.286. The zero-order chi connectivity index (χ0) is 39.6. The predicted molar refractivity (Wildman–Crippen MR) is 191 cm³/mol. The second-order valence-corrected chi connectivity index (χ2v) is 13.5. The Balaban J connectivity index is 1.26. The average molecular weight is 777 g/mol. The fraction of sp³-hybridized carbons (Fsp3) is 0.244. The Morgan fingerprint density at radius 3 is 2.38 bits per heavy atom. The number of para-hydroxylation sites is 1. The number of nitrogens with one attached hydrogen (secondary N) is 2. The number of piperazine rings is 1. The van der Waals surface area contributed by atoms with E-state index < -0.39 is 52.8 Å². The van der Waals surface area contributed by atoms with Crippen molar-refractivity contribution in [1.29, 1.82) is 0 Å². The molecule has 0 spiro atoms. The summed E-state index contributed by atoms with van der Waals surface area (Å²) < 4.78 is 97.3. The Bertz CT molecular complexity index is 2260. The SMILES string of the molecule is O=C(NCC[C@](c1ccc(F)cc1)(c1cc(F)cc(F)c1)c1cncc(F)c1CC[C@H]1CNCCN1C(=O)c1ccc2c(c1)OC(F)(F)O2)c1ccccc1O. The fourth-order valence-corrected chi connectivity index (χ4v) is 7.49. The molecular weight excluding hydrogens is 742 g/mol. The van der Waals surface area contributed by atoms with Gasteiger partial charge in [-0.3, -0.25) is 14.6 Å². The van der Waals surface area contributed by atoms with Crippen LogP contribution in [0.4, 0.5) is 26.3 Å². The van der Waals surface area contributed by atoms with E-state index in [1.165, 1.54) is 48.7 Å². The molecule has 1 fully saturated rings. The molecule has 0 saturated carbocycles. The lowest BCUT2D eigenvalue weighted by Gasteiger charge is -2.39. The highest BCUT2D eigenvalue weighted by Crippen LogP contribution is 2.45. The molecular formula is C41H34F6N4O5. The van der Waals surface area contributed by atoms with Gasteiger partial charge in [0, 0.05) is 55.5 Å². The Morgan fingerprint density at radius 2 is 1.62 bits per heavy atom. The largest absolute Gasteiger partial charge is 0.586 e. The zero-order valence-electron chi connectivity index (χ0n) is 29.5. The molecule has 2 aliphatic rings. The molecule has 5 aromatic rings. The number of carbonyl (C=O) groups excluding carboxylic acids is 2. The minimum Gasteiger partial charge on any atom is -0.507 e. The Labute approximate surface area is 316 Å². The second-order valence-electron chi connectivity index (χ2n) is 13.5. The number of fused-ring (bicyclic) bond motifs is 1. The summed E-state index contributed by atoms with van der Waals surface area (Å²) in [6.07, 6.45) is -1.53. The van der Waals surface area contributed by atoms with Crippen molar-refractivity contribution in [1.82, 2.24) is 20.5 Å². The molecule has 7 rings (SSSR count). The van der Waals surface area contributed by atoms with Crippen molar-refractivity contribution in [2.75, 3.05) is 26.2 Å². The first-order valence-electron chi connectivity index (χ1n) is 17.7. The van der Waals surface area contributed by atoms with Crippen molar-refractivity contribution in [2.45, 2.75) is 37.0 Å². The first-order valence-corrected chi connectivity index (χ1v) is 17.7. The van der Waals surface area contributed by atoms with Gasteiger partial charge in [0.05, 0.1) is 11.8 Å². The molecule has 1 saturated heterocycles. The highest BCUT2D eigenvalue weighted by atomic mass is 19.3. The van der Waals surface area contributed by atoms with E-state index in [9.17, 15) is 27.9 Å². The molecule has 0 radical (unpaired) electrons. The number of hydrogen-bond donors (Lipinski definition) is 3. The van der Waals surface area contributed by atoms with Crippen molar-refractivity contribution < 1.29 is 50.5 Å². The maximum Gasteiger partial charge on any atom is 0.586 e. The normalized spacial score (nSPS) is 17.0. The summed E-state index contributed by atoms with van der Waals surface area (Å²) in [4.78, 5) is 32.7. The van der Waals surface area contributed by atoms with Gasteiger partial charge in [-0.15, -0.1) is 8.78 Å². The quantitative estimate of drug-likeness (QED) is 0.126. The van der Waals surface area contributed by atoms with Gasteiger partial charge in [-0.25, -0.2) is 17.6 Å². The van der Waals surface area contributed by atoms with Crippen LogP contribution in [0.2, 0.25) is 0 Å². The lowest BCUT2D eigenvalue weighted by Crippen LogP contribution is -2.53. The van der Waals surface area contributed by atoms with Crippen LogP contribution in [0.25, 0.3) is 0 Å². The summed E-state index contributed by atoms with van der Waals surface area (Å²) in [6, 6.07) is 17.0. The van der Waals surface area contributed by atoms with Gasteiger partial charge in [-0.1, -0.05) is 24.3 Å². The summed E-state index contributed by atoms with van der Waals surface area (Å²) in [7, 11) is 0. The predicted octanol–water partition coefficient (Wildman–Crippen LogP) is 6.87. The number of rotatable bonds is 11. The summed E-state index contributed by atoms with van der Waals surface area (Å²) >= 11 is 0. The minimum absolute atomic E-state index is 0.0244. The molecule has 2 atom stereocenters. The monoisotopic (exact) mass is 776 g/mol. The standard InChI is InChI=1S/C41H34F6N4O5/c42-27-8-6-25(7-9-27)40(26-18-28(43)20-29(44)19-26,13-14-50-38(53)32-3-1-2-4-35(32)52)33-22-49-23-34(45)31(33)11-10-30-21-48-15-16-51(30)39(54)24-5-12-36-37(17-24)56-41(46,47)55-36/h1-9,12,17-20,22-23,30,48,52H,10-11,13-16,21H2,(H,50,53)/t30-,40-/m0/s1. The summed E-state index contributed by atoms with van der Waals surface area (Å²) in [5.41, 5.74) is -1.02. The molecule has 0 unspecified atom stereocenters. The third kappa shape index (κ3) is 7.71. The van der Waals surface area contributed by atoms with E-state index in [-0.39, 0.29) is 77.4 Å². The molecule has 1 aromatic heterocycles. The van der Waals surface area contributed by atoms with Crippen molar-refractivity contribution >= 4 is 11.8 Å². The van der Waals surface area contributed by atoms with Gasteiger partial charge in [-0.05, 0) is 96.1 Å². The highest BCUT2D eigenvalue weighted by molar-refractivity contribution is 5.97. The number of nitrogens with zero attached hydrogens (tertiary/aromatic N) is 2. The second kappa shape index (κ2) is 15.6. The smallest absolute Gasteiger partial charge is 0.507 e. The number of carbonyl (C=O) groups is 2. The van der Waals surface area contributed by atoms with Gasteiger partial charge < -0.3 is 30.1 Å². The van der Waals surface area contributed by atoms with Crippen LogP contribution in [0.1, 0.15) is 55.8 Å². The van der Waals surface area contributed by atoms with Crippen molar-refractivity contribution in [3.05, 3.63) is 154 Å². The highest BCUT2D eigenvalue weighted by Gasteiger charge is 2.44. The Hall–Kier alpha value is -6.09. The van der Waals surface area contributed by atoms with E-state index in [1.807, 2.05) is 0 Å². The van der Waals surface area contributed by atoms with Crippen LogP contribution in [-0.4, -0.2) is 65.3 Å². The van der Waals surface area contributed by atoms with E-state index in [1.54, 1.807) is 17.0 Å². The van der Waals surface area contributed by atoms with Gasteiger partial charge in [-0.2, -0.15) is 0 Å². The number of hydrogen-bond acceptors (Lipinski definition) is 7. The van der Waals surface area contributed by atoms with Gasteiger partial charge in [0.2, 0.25) is 0 Å².